The summed E-state index contributed by atoms with van der Waals surface area (Å²) in [6, 6.07) is 5.73. The Kier molecular flexibility index (Phi) is 6.43. The molecule has 0 aromatic heterocycles. The number of rotatable bonds is 6. The first-order valence-electron chi connectivity index (χ1n) is 7.15. The lowest BCUT2D eigenvalue weighted by atomic mass is 9.95. The molecule has 0 heterocycles. The highest BCUT2D eigenvalue weighted by Gasteiger charge is 2.15. The average Bonchev–Trinajstić information content (AvgIpc) is 2.46. The van der Waals surface area contributed by atoms with Crippen LogP contribution in [0.2, 0.25) is 10.0 Å². The van der Waals surface area contributed by atoms with Crippen molar-refractivity contribution >= 4 is 23.2 Å². The van der Waals surface area contributed by atoms with Gasteiger partial charge in [0.15, 0.2) is 5.75 Å². The van der Waals surface area contributed by atoms with Gasteiger partial charge in [0.05, 0.1) is 10.0 Å². The molecule has 1 aromatic rings. The van der Waals surface area contributed by atoms with Crippen LogP contribution < -0.4 is 10.1 Å². The van der Waals surface area contributed by atoms with E-state index < -0.39 is 6.10 Å². The molecule has 3 nitrogen and oxygen atoms in total. The number of aliphatic hydroxyl groups excluding tert-OH is 1. The summed E-state index contributed by atoms with van der Waals surface area (Å²) in [4.78, 5) is 0. The van der Waals surface area contributed by atoms with E-state index in [-0.39, 0.29) is 6.61 Å². The van der Waals surface area contributed by atoms with E-state index in [4.69, 9.17) is 27.9 Å². The number of para-hydroxylation sites is 1. The van der Waals surface area contributed by atoms with Crippen molar-refractivity contribution in [3.63, 3.8) is 0 Å². The predicted molar refractivity (Wildman–Crippen MR) is 82.8 cm³/mol. The number of benzene rings is 1. The van der Waals surface area contributed by atoms with Crippen molar-refractivity contribution in [3.8, 4) is 5.75 Å². The van der Waals surface area contributed by atoms with Gasteiger partial charge in [0.25, 0.3) is 0 Å². The normalized spacial score (nSPS) is 17.9. The molecule has 0 amide bonds. The van der Waals surface area contributed by atoms with Crippen molar-refractivity contribution in [2.75, 3.05) is 13.2 Å². The van der Waals surface area contributed by atoms with E-state index in [0.717, 1.165) is 0 Å². The van der Waals surface area contributed by atoms with Gasteiger partial charge in [-0.05, 0) is 25.0 Å². The zero-order chi connectivity index (χ0) is 14.4. The van der Waals surface area contributed by atoms with E-state index >= 15 is 0 Å². The molecule has 1 aliphatic rings. The van der Waals surface area contributed by atoms with Crippen molar-refractivity contribution < 1.29 is 9.84 Å². The fraction of sp³-hybridized carbons (Fsp3) is 0.600. The van der Waals surface area contributed by atoms with Crippen molar-refractivity contribution in [2.45, 2.75) is 44.2 Å². The molecule has 1 unspecified atom stereocenters. The minimum atomic E-state index is -0.565. The molecule has 0 spiro atoms. The maximum atomic E-state index is 9.95. The zero-order valence-electron chi connectivity index (χ0n) is 11.4. The maximum absolute atomic E-state index is 9.95. The topological polar surface area (TPSA) is 41.5 Å². The van der Waals surface area contributed by atoms with Gasteiger partial charge in [0.2, 0.25) is 0 Å². The average molecular weight is 318 g/mol. The van der Waals surface area contributed by atoms with Gasteiger partial charge in [-0.1, -0.05) is 48.5 Å². The molecular formula is C15H21Cl2NO2. The molecule has 0 bridgehead atoms. The van der Waals surface area contributed by atoms with Crippen molar-refractivity contribution in [2.24, 2.45) is 0 Å². The summed E-state index contributed by atoms with van der Waals surface area (Å²) < 4.78 is 5.52. The van der Waals surface area contributed by atoms with Crippen LogP contribution in [0.3, 0.4) is 0 Å². The maximum Gasteiger partial charge on any atom is 0.156 e. The molecule has 1 aromatic carbocycles. The molecule has 0 aliphatic heterocycles. The Morgan fingerprint density at radius 3 is 2.50 bits per heavy atom. The number of hydrogen-bond acceptors (Lipinski definition) is 3. The van der Waals surface area contributed by atoms with E-state index in [1.54, 1.807) is 18.2 Å². The summed E-state index contributed by atoms with van der Waals surface area (Å²) in [6.45, 7) is 0.718. The third-order valence-corrected chi connectivity index (χ3v) is 4.18. The highest BCUT2D eigenvalue weighted by atomic mass is 35.5. The smallest absolute Gasteiger partial charge is 0.156 e. The number of hydrogen-bond donors (Lipinski definition) is 2. The van der Waals surface area contributed by atoms with E-state index in [2.05, 4.69) is 5.32 Å². The Bertz CT molecular complexity index is 402. The molecule has 2 rings (SSSR count). The third kappa shape index (κ3) is 4.81. The minimum absolute atomic E-state index is 0.184. The van der Waals surface area contributed by atoms with E-state index in [0.29, 0.717) is 28.4 Å². The van der Waals surface area contributed by atoms with Crippen LogP contribution >= 0.6 is 23.2 Å². The van der Waals surface area contributed by atoms with Crippen LogP contribution in [-0.2, 0) is 0 Å². The molecule has 1 aliphatic carbocycles. The number of aliphatic hydroxyl groups is 1. The number of nitrogens with one attached hydrogen (secondary N) is 1. The summed E-state index contributed by atoms with van der Waals surface area (Å²) in [6.07, 6.45) is 5.71. The largest absolute Gasteiger partial charge is 0.488 e. The fourth-order valence-electron chi connectivity index (χ4n) is 2.47. The van der Waals surface area contributed by atoms with Crippen LogP contribution in [0, 0.1) is 0 Å². The molecule has 5 heteroatoms. The Morgan fingerprint density at radius 1 is 1.20 bits per heavy atom. The monoisotopic (exact) mass is 317 g/mol. The predicted octanol–water partition coefficient (Wildman–Crippen LogP) is 3.66. The molecule has 112 valence electrons. The van der Waals surface area contributed by atoms with Gasteiger partial charge >= 0.3 is 0 Å². The lowest BCUT2D eigenvalue weighted by Crippen LogP contribution is -2.39. The minimum Gasteiger partial charge on any atom is -0.488 e. The van der Waals surface area contributed by atoms with Gasteiger partial charge < -0.3 is 15.2 Å². The highest BCUT2D eigenvalue weighted by Crippen LogP contribution is 2.32. The van der Waals surface area contributed by atoms with E-state index in [1.165, 1.54) is 32.1 Å². The summed E-state index contributed by atoms with van der Waals surface area (Å²) >= 11 is 12.0. The van der Waals surface area contributed by atoms with Gasteiger partial charge in [0.1, 0.15) is 12.7 Å². The number of halogens is 2. The summed E-state index contributed by atoms with van der Waals surface area (Å²) in [7, 11) is 0. The molecule has 1 fully saturated rings. The molecule has 0 radical (unpaired) electrons. The molecule has 0 saturated heterocycles. The van der Waals surface area contributed by atoms with E-state index in [1.807, 2.05) is 0 Å². The van der Waals surface area contributed by atoms with Gasteiger partial charge in [-0.25, -0.2) is 0 Å². The number of ether oxygens (including phenoxy) is 1. The first kappa shape index (κ1) is 15.9. The molecule has 1 atom stereocenters. The summed E-state index contributed by atoms with van der Waals surface area (Å²) in [5, 5.41) is 14.3. The van der Waals surface area contributed by atoms with Crippen LogP contribution in [0.25, 0.3) is 0 Å². The Morgan fingerprint density at radius 2 is 1.85 bits per heavy atom. The van der Waals surface area contributed by atoms with Crippen molar-refractivity contribution in [3.05, 3.63) is 28.2 Å². The third-order valence-electron chi connectivity index (χ3n) is 3.59. The van der Waals surface area contributed by atoms with Crippen LogP contribution in [0.4, 0.5) is 0 Å². The van der Waals surface area contributed by atoms with Gasteiger partial charge in [-0.2, -0.15) is 0 Å². The van der Waals surface area contributed by atoms with E-state index in [9.17, 15) is 5.11 Å². The van der Waals surface area contributed by atoms with Gasteiger partial charge in [-0.15, -0.1) is 0 Å². The Hall–Kier alpha value is -0.480. The second kappa shape index (κ2) is 8.08. The zero-order valence-corrected chi connectivity index (χ0v) is 13.0. The molecular weight excluding hydrogens is 297 g/mol. The Balaban J connectivity index is 1.73. The first-order valence-corrected chi connectivity index (χ1v) is 7.90. The molecule has 20 heavy (non-hydrogen) atoms. The van der Waals surface area contributed by atoms with Crippen molar-refractivity contribution in [1.82, 2.24) is 5.32 Å². The van der Waals surface area contributed by atoms with Crippen molar-refractivity contribution in [1.29, 1.82) is 0 Å². The lowest BCUT2D eigenvalue weighted by molar-refractivity contribution is 0.102. The van der Waals surface area contributed by atoms with Crippen LogP contribution in [0.1, 0.15) is 32.1 Å². The van der Waals surface area contributed by atoms with Gasteiger partial charge in [-0.3, -0.25) is 0 Å². The Labute approximate surface area is 130 Å². The highest BCUT2D eigenvalue weighted by molar-refractivity contribution is 6.37. The quantitative estimate of drug-likeness (QED) is 0.841. The molecule has 2 N–H and O–H groups in total. The second-order valence-corrected chi connectivity index (χ2v) is 6.07. The van der Waals surface area contributed by atoms with Crippen LogP contribution in [-0.4, -0.2) is 30.4 Å². The lowest BCUT2D eigenvalue weighted by Gasteiger charge is -2.24. The van der Waals surface area contributed by atoms with Gasteiger partial charge in [0, 0.05) is 12.6 Å². The standard InChI is InChI=1S/C15H21Cl2NO2/c16-13-7-4-8-14(17)15(13)20-10-12(19)9-18-11-5-2-1-3-6-11/h4,7-8,11-12,18-19H,1-3,5-6,9-10H2. The van der Waals surface area contributed by atoms with Crippen LogP contribution in [0.15, 0.2) is 18.2 Å². The summed E-state index contributed by atoms with van der Waals surface area (Å²) in [5.74, 6) is 0.438. The molecule has 1 saturated carbocycles. The second-order valence-electron chi connectivity index (χ2n) is 5.26. The fourth-order valence-corrected chi connectivity index (χ4v) is 2.97. The van der Waals surface area contributed by atoms with Crippen LogP contribution in [0.5, 0.6) is 5.75 Å². The first-order chi connectivity index (χ1) is 9.66. The SMILES string of the molecule is OC(CNC1CCCCC1)COc1c(Cl)cccc1Cl. The summed E-state index contributed by atoms with van der Waals surface area (Å²) in [5.41, 5.74) is 0.